The van der Waals surface area contributed by atoms with Crippen molar-refractivity contribution in [1.29, 1.82) is 0 Å². The van der Waals surface area contributed by atoms with Crippen LogP contribution in [0.25, 0.3) is 0 Å². The van der Waals surface area contributed by atoms with Crippen molar-refractivity contribution in [3.05, 3.63) is 24.3 Å². The lowest BCUT2D eigenvalue weighted by Gasteiger charge is -2.22. The van der Waals surface area contributed by atoms with Crippen molar-refractivity contribution in [2.45, 2.75) is 341 Å². The van der Waals surface area contributed by atoms with Crippen LogP contribution in [0.3, 0.4) is 0 Å². The van der Waals surface area contributed by atoms with Gasteiger partial charge in [-0.05, 0) is 70.6 Å². The Hall–Kier alpha value is -1.66. The Labute approximate surface area is 418 Å². The van der Waals surface area contributed by atoms with Crippen LogP contribution in [0.15, 0.2) is 24.3 Å². The summed E-state index contributed by atoms with van der Waals surface area (Å²) in [6.07, 6.45) is 69.1. The van der Waals surface area contributed by atoms with E-state index in [2.05, 4.69) is 43.5 Å². The van der Waals surface area contributed by atoms with Gasteiger partial charge in [-0.15, -0.1) is 0 Å². The van der Waals surface area contributed by atoms with E-state index in [1.165, 1.54) is 250 Å². The first kappa shape index (κ1) is 65.3. The van der Waals surface area contributed by atoms with Crippen LogP contribution in [0.4, 0.5) is 0 Å². The van der Waals surface area contributed by atoms with Gasteiger partial charge in [0.25, 0.3) is 0 Å². The molecule has 0 aliphatic rings. The molecule has 3 N–H and O–H groups in total. The second-order valence-electron chi connectivity index (χ2n) is 20.7. The molecule has 0 radical (unpaired) electrons. The van der Waals surface area contributed by atoms with E-state index in [1.807, 2.05) is 0 Å². The number of rotatable bonds is 56. The van der Waals surface area contributed by atoms with E-state index in [4.69, 9.17) is 4.74 Å². The summed E-state index contributed by atoms with van der Waals surface area (Å²) in [4.78, 5) is 24.4. The Bertz CT molecular complexity index is 1040. The quantitative estimate of drug-likeness (QED) is 0.0321. The zero-order valence-electron chi connectivity index (χ0n) is 45.1. The zero-order chi connectivity index (χ0) is 48.6. The van der Waals surface area contributed by atoms with Crippen LogP contribution >= 0.6 is 0 Å². The standard InChI is InChI=1S/C61H117NO5/c1-3-5-7-9-11-13-34-39-43-47-51-55-61(66)67-56-52-48-44-40-36-33-31-29-27-25-23-21-19-17-15-16-18-20-22-24-26-28-30-32-35-38-42-46-50-54-60(65)62-58(57-63)59(64)53-49-45-41-37-14-12-10-8-6-4-2/h9,11,15,17,58-59,63-64H,3-8,10,12-14,16,18-57H2,1-2H3,(H,62,65)/b11-9-,17-15-. The van der Waals surface area contributed by atoms with Gasteiger partial charge in [-0.25, -0.2) is 0 Å². The van der Waals surface area contributed by atoms with Gasteiger partial charge in [-0.1, -0.05) is 269 Å². The predicted octanol–water partition coefficient (Wildman–Crippen LogP) is 18.6. The van der Waals surface area contributed by atoms with Crippen LogP contribution in [0.5, 0.6) is 0 Å². The fourth-order valence-corrected chi connectivity index (χ4v) is 9.32. The summed E-state index contributed by atoms with van der Waals surface area (Å²) in [6, 6.07) is -0.538. The van der Waals surface area contributed by atoms with Crippen LogP contribution in [0.1, 0.15) is 328 Å². The van der Waals surface area contributed by atoms with Gasteiger partial charge in [0, 0.05) is 12.8 Å². The van der Waals surface area contributed by atoms with Crippen LogP contribution in [-0.2, 0) is 14.3 Å². The number of hydrogen-bond acceptors (Lipinski definition) is 5. The summed E-state index contributed by atoms with van der Waals surface area (Å²) in [7, 11) is 0. The van der Waals surface area contributed by atoms with Gasteiger partial charge in [-0.3, -0.25) is 9.59 Å². The average molecular weight is 945 g/mol. The molecule has 0 saturated carbocycles. The van der Waals surface area contributed by atoms with E-state index in [9.17, 15) is 19.8 Å². The van der Waals surface area contributed by atoms with Crippen molar-refractivity contribution in [3.63, 3.8) is 0 Å². The number of ether oxygens (including phenoxy) is 1. The van der Waals surface area contributed by atoms with E-state index in [-0.39, 0.29) is 18.5 Å². The van der Waals surface area contributed by atoms with Crippen molar-refractivity contribution in [2.24, 2.45) is 0 Å². The summed E-state index contributed by atoms with van der Waals surface area (Å²) in [5.41, 5.74) is 0. The molecule has 0 fully saturated rings. The van der Waals surface area contributed by atoms with E-state index < -0.39 is 12.1 Å². The Kier molecular flexibility index (Phi) is 55.5. The van der Waals surface area contributed by atoms with Gasteiger partial charge in [-0.2, -0.15) is 0 Å². The smallest absolute Gasteiger partial charge is 0.305 e. The van der Waals surface area contributed by atoms with Gasteiger partial charge in [0.2, 0.25) is 5.91 Å². The lowest BCUT2D eigenvalue weighted by atomic mass is 10.0. The van der Waals surface area contributed by atoms with Gasteiger partial charge >= 0.3 is 5.97 Å². The molecule has 1 amide bonds. The molecule has 0 rings (SSSR count). The maximum atomic E-state index is 12.4. The minimum absolute atomic E-state index is 0.00531. The maximum Gasteiger partial charge on any atom is 0.305 e. The number of hydrogen-bond donors (Lipinski definition) is 3. The molecule has 0 aromatic rings. The minimum atomic E-state index is -0.661. The molecule has 0 heterocycles. The highest BCUT2D eigenvalue weighted by atomic mass is 16.5. The van der Waals surface area contributed by atoms with Crippen molar-refractivity contribution >= 4 is 11.9 Å². The molecule has 0 saturated heterocycles. The number of amides is 1. The fraction of sp³-hybridized carbons (Fsp3) is 0.902. The number of aliphatic hydroxyl groups is 2. The molecule has 0 aromatic carbocycles. The topological polar surface area (TPSA) is 95.9 Å². The van der Waals surface area contributed by atoms with E-state index >= 15 is 0 Å². The third kappa shape index (κ3) is 53.5. The zero-order valence-corrected chi connectivity index (χ0v) is 45.1. The fourth-order valence-electron chi connectivity index (χ4n) is 9.32. The molecule has 0 aromatic heterocycles. The summed E-state index contributed by atoms with van der Waals surface area (Å²) < 4.78 is 5.46. The molecule has 0 aliphatic heterocycles. The van der Waals surface area contributed by atoms with E-state index in [0.29, 0.717) is 25.9 Å². The highest BCUT2D eigenvalue weighted by Crippen LogP contribution is 2.17. The van der Waals surface area contributed by atoms with Gasteiger partial charge in [0.05, 0.1) is 25.4 Å². The highest BCUT2D eigenvalue weighted by Gasteiger charge is 2.20. The van der Waals surface area contributed by atoms with Crippen molar-refractivity contribution < 1.29 is 24.5 Å². The lowest BCUT2D eigenvalue weighted by molar-refractivity contribution is -0.143. The number of esters is 1. The number of nitrogens with one attached hydrogen (secondary N) is 1. The maximum absolute atomic E-state index is 12.4. The number of carbonyl (C=O) groups is 2. The van der Waals surface area contributed by atoms with Crippen LogP contribution < -0.4 is 5.32 Å². The summed E-state index contributed by atoms with van der Waals surface area (Å²) >= 11 is 0. The number of aliphatic hydroxyl groups excluding tert-OH is 2. The molecular formula is C61H117NO5. The average Bonchev–Trinajstić information content (AvgIpc) is 3.33. The molecule has 0 bridgehead atoms. The molecule has 2 unspecified atom stereocenters. The summed E-state index contributed by atoms with van der Waals surface area (Å²) in [6.45, 7) is 4.91. The van der Waals surface area contributed by atoms with Crippen LogP contribution in [-0.4, -0.2) is 47.4 Å². The predicted molar refractivity (Wildman–Crippen MR) is 292 cm³/mol. The number of carbonyl (C=O) groups excluding carboxylic acids is 2. The molecule has 6 nitrogen and oxygen atoms in total. The molecule has 2 atom stereocenters. The molecule has 67 heavy (non-hydrogen) atoms. The Morgan fingerprint density at radius 3 is 1.10 bits per heavy atom. The largest absolute Gasteiger partial charge is 0.466 e. The molecular weight excluding hydrogens is 827 g/mol. The second kappa shape index (κ2) is 56.9. The first-order valence-electron chi connectivity index (χ1n) is 30.1. The SMILES string of the molecule is CCCC/C=C\CCCCCCCC(=O)OCCCCCCCCCCCCCC/C=C\CCCCCCCCCCCCCCCC(=O)NC(CO)C(O)CCCCCCCCCCCC. The molecule has 0 aliphatic carbocycles. The van der Waals surface area contributed by atoms with Gasteiger partial charge in [0.15, 0.2) is 0 Å². The lowest BCUT2D eigenvalue weighted by Crippen LogP contribution is -2.45. The number of allylic oxidation sites excluding steroid dienone is 4. The molecule has 0 spiro atoms. The monoisotopic (exact) mass is 944 g/mol. The Morgan fingerprint density at radius 2 is 0.716 bits per heavy atom. The van der Waals surface area contributed by atoms with Crippen LogP contribution in [0, 0.1) is 0 Å². The first-order chi connectivity index (χ1) is 33.0. The number of unbranched alkanes of at least 4 members (excludes halogenated alkanes) is 41. The van der Waals surface area contributed by atoms with Crippen molar-refractivity contribution in [1.82, 2.24) is 5.32 Å². The third-order valence-electron chi connectivity index (χ3n) is 14.0. The normalized spacial score (nSPS) is 12.7. The molecule has 6 heteroatoms. The van der Waals surface area contributed by atoms with Gasteiger partial charge < -0.3 is 20.3 Å². The van der Waals surface area contributed by atoms with Crippen molar-refractivity contribution in [2.75, 3.05) is 13.2 Å². The van der Waals surface area contributed by atoms with Crippen LogP contribution in [0.2, 0.25) is 0 Å². The Morgan fingerprint density at radius 1 is 0.403 bits per heavy atom. The minimum Gasteiger partial charge on any atom is -0.466 e. The van der Waals surface area contributed by atoms with Gasteiger partial charge in [0.1, 0.15) is 0 Å². The van der Waals surface area contributed by atoms with E-state index in [1.54, 1.807) is 0 Å². The second-order valence-corrected chi connectivity index (χ2v) is 20.7. The Balaban J connectivity index is 3.35. The molecule has 396 valence electrons. The third-order valence-corrected chi connectivity index (χ3v) is 14.0. The van der Waals surface area contributed by atoms with E-state index in [0.717, 1.165) is 44.9 Å². The summed E-state index contributed by atoms with van der Waals surface area (Å²) in [5.74, 6) is -0.0296. The van der Waals surface area contributed by atoms with Crippen molar-refractivity contribution in [3.8, 4) is 0 Å². The first-order valence-corrected chi connectivity index (χ1v) is 30.1. The summed E-state index contributed by atoms with van der Waals surface area (Å²) in [5, 5.41) is 23.1. The highest BCUT2D eigenvalue weighted by molar-refractivity contribution is 5.76.